The summed E-state index contributed by atoms with van der Waals surface area (Å²) in [6.45, 7) is 3.16. The Morgan fingerprint density at radius 3 is 2.44 bits per heavy atom. The maximum atomic E-state index is 11.8. The number of nitrogens with one attached hydrogen (secondary N) is 3. The van der Waals surface area contributed by atoms with E-state index in [9.17, 15) is 9.59 Å². The van der Waals surface area contributed by atoms with Crippen molar-refractivity contribution in [1.29, 1.82) is 0 Å². The number of amides is 3. The summed E-state index contributed by atoms with van der Waals surface area (Å²) in [5.41, 5.74) is 6.98. The van der Waals surface area contributed by atoms with Crippen LogP contribution in [0.15, 0.2) is 24.3 Å². The predicted molar refractivity (Wildman–Crippen MR) is 101 cm³/mol. The lowest BCUT2D eigenvalue weighted by molar-refractivity contribution is -0.116. The summed E-state index contributed by atoms with van der Waals surface area (Å²) in [7, 11) is 0. The van der Waals surface area contributed by atoms with Gasteiger partial charge in [-0.25, -0.2) is 4.79 Å². The Hall–Kier alpha value is -1.83. The van der Waals surface area contributed by atoms with Crippen LogP contribution in [0.5, 0.6) is 0 Å². The monoisotopic (exact) mass is 370 g/mol. The molecule has 2 rings (SSSR count). The zero-order chi connectivity index (χ0) is 17.4. The Labute approximate surface area is 154 Å². The molecule has 1 fully saturated rings. The van der Waals surface area contributed by atoms with E-state index >= 15 is 0 Å². The smallest absolute Gasteiger partial charge is 0.319 e. The van der Waals surface area contributed by atoms with Crippen molar-refractivity contribution in [1.82, 2.24) is 5.32 Å². The number of rotatable bonds is 7. The van der Waals surface area contributed by atoms with Crippen LogP contribution in [0.25, 0.3) is 0 Å². The second-order valence-corrected chi connectivity index (χ2v) is 6.11. The van der Waals surface area contributed by atoms with Crippen molar-refractivity contribution in [3.63, 3.8) is 0 Å². The standard InChI is InChI=1S/C17H26N4O3.ClH/c1-12(18)4-9-16(22)20-13-5-7-14(8-6-13)21-17(23)19-11-15-3-2-10-24-15;/h5-8,12,15H,2-4,9-11,18H2,1H3,(H,20,22)(H2,19,21,23);1H. The van der Waals surface area contributed by atoms with Crippen LogP contribution in [-0.4, -0.2) is 37.2 Å². The van der Waals surface area contributed by atoms with Crippen molar-refractivity contribution in [3.05, 3.63) is 24.3 Å². The second kappa shape index (κ2) is 10.9. The third-order valence-corrected chi connectivity index (χ3v) is 3.77. The zero-order valence-corrected chi connectivity index (χ0v) is 15.2. The van der Waals surface area contributed by atoms with Crippen LogP contribution in [0, 0.1) is 0 Å². The van der Waals surface area contributed by atoms with Crippen LogP contribution in [-0.2, 0) is 9.53 Å². The quantitative estimate of drug-likeness (QED) is 0.591. The molecule has 140 valence electrons. The molecule has 1 aromatic carbocycles. The fraction of sp³-hybridized carbons (Fsp3) is 0.529. The number of carbonyl (C=O) groups is 2. The van der Waals surface area contributed by atoms with E-state index in [1.54, 1.807) is 24.3 Å². The van der Waals surface area contributed by atoms with Crippen LogP contribution >= 0.6 is 12.4 Å². The van der Waals surface area contributed by atoms with Crippen LogP contribution in [0.1, 0.15) is 32.6 Å². The molecule has 0 aromatic heterocycles. The van der Waals surface area contributed by atoms with E-state index in [0.717, 1.165) is 19.4 Å². The number of anilines is 2. The molecule has 1 aliphatic rings. The molecule has 3 amide bonds. The molecule has 1 saturated heterocycles. The Bertz CT molecular complexity index is 545. The predicted octanol–water partition coefficient (Wildman–Crippen LogP) is 2.47. The third kappa shape index (κ3) is 8.20. The maximum Gasteiger partial charge on any atom is 0.319 e. The minimum atomic E-state index is -0.265. The van der Waals surface area contributed by atoms with Crippen LogP contribution < -0.4 is 21.7 Å². The van der Waals surface area contributed by atoms with Gasteiger partial charge in [-0.1, -0.05) is 0 Å². The third-order valence-electron chi connectivity index (χ3n) is 3.77. The van der Waals surface area contributed by atoms with Gasteiger partial charge in [0.1, 0.15) is 0 Å². The first-order chi connectivity index (χ1) is 11.5. The average molecular weight is 371 g/mol. The molecule has 1 heterocycles. The van der Waals surface area contributed by atoms with Crippen molar-refractivity contribution in [2.75, 3.05) is 23.8 Å². The Kier molecular flexibility index (Phi) is 9.26. The molecule has 1 aliphatic heterocycles. The van der Waals surface area contributed by atoms with E-state index in [1.165, 1.54) is 0 Å². The van der Waals surface area contributed by atoms with Gasteiger partial charge in [-0.15, -0.1) is 12.4 Å². The number of carbonyl (C=O) groups excluding carboxylic acids is 2. The number of benzene rings is 1. The lowest BCUT2D eigenvalue weighted by atomic mass is 10.2. The molecular formula is C17H27ClN4O3. The second-order valence-electron chi connectivity index (χ2n) is 6.11. The van der Waals surface area contributed by atoms with Gasteiger partial charge in [0.2, 0.25) is 5.91 Å². The van der Waals surface area contributed by atoms with E-state index in [0.29, 0.717) is 30.8 Å². The van der Waals surface area contributed by atoms with Crippen molar-refractivity contribution in [2.45, 2.75) is 44.8 Å². The molecule has 2 atom stereocenters. The fourth-order valence-electron chi connectivity index (χ4n) is 2.41. The number of ether oxygens (including phenoxy) is 1. The first-order valence-corrected chi connectivity index (χ1v) is 8.35. The van der Waals surface area contributed by atoms with Gasteiger partial charge >= 0.3 is 6.03 Å². The summed E-state index contributed by atoms with van der Waals surface area (Å²) in [6.07, 6.45) is 3.19. The number of hydrogen-bond donors (Lipinski definition) is 4. The molecule has 0 spiro atoms. The van der Waals surface area contributed by atoms with Crippen LogP contribution in [0.2, 0.25) is 0 Å². The SMILES string of the molecule is CC(N)CCC(=O)Nc1ccc(NC(=O)NCC2CCCO2)cc1.Cl. The highest BCUT2D eigenvalue weighted by atomic mass is 35.5. The van der Waals surface area contributed by atoms with Crippen molar-refractivity contribution in [3.8, 4) is 0 Å². The van der Waals surface area contributed by atoms with Gasteiger partial charge in [0.25, 0.3) is 0 Å². The highest BCUT2D eigenvalue weighted by Crippen LogP contribution is 2.14. The summed E-state index contributed by atoms with van der Waals surface area (Å²) in [4.78, 5) is 23.6. The van der Waals surface area contributed by atoms with Crippen molar-refractivity contribution < 1.29 is 14.3 Å². The Morgan fingerprint density at radius 2 is 1.88 bits per heavy atom. The molecule has 0 bridgehead atoms. The van der Waals surface area contributed by atoms with Crippen LogP contribution in [0.4, 0.5) is 16.2 Å². The minimum Gasteiger partial charge on any atom is -0.376 e. The highest BCUT2D eigenvalue weighted by molar-refractivity contribution is 5.92. The largest absolute Gasteiger partial charge is 0.376 e. The maximum absolute atomic E-state index is 11.8. The van der Waals surface area contributed by atoms with Crippen molar-refractivity contribution in [2.24, 2.45) is 5.73 Å². The molecule has 25 heavy (non-hydrogen) atoms. The highest BCUT2D eigenvalue weighted by Gasteiger charge is 2.16. The van der Waals surface area contributed by atoms with Gasteiger partial charge < -0.3 is 26.4 Å². The molecule has 7 nitrogen and oxygen atoms in total. The Morgan fingerprint density at radius 1 is 1.24 bits per heavy atom. The topological polar surface area (TPSA) is 105 Å². The molecule has 0 aliphatic carbocycles. The summed E-state index contributed by atoms with van der Waals surface area (Å²) >= 11 is 0. The van der Waals surface area contributed by atoms with Gasteiger partial charge in [-0.2, -0.15) is 0 Å². The fourth-order valence-corrected chi connectivity index (χ4v) is 2.41. The average Bonchev–Trinajstić information content (AvgIpc) is 3.06. The lowest BCUT2D eigenvalue weighted by Crippen LogP contribution is -2.35. The minimum absolute atomic E-state index is 0. The summed E-state index contributed by atoms with van der Waals surface area (Å²) in [5, 5.41) is 8.34. The van der Waals surface area contributed by atoms with Gasteiger partial charge in [-0.05, 0) is 50.5 Å². The molecule has 0 radical (unpaired) electrons. The molecule has 8 heteroatoms. The van der Waals surface area contributed by atoms with E-state index in [1.807, 2.05) is 6.92 Å². The lowest BCUT2D eigenvalue weighted by Gasteiger charge is -2.12. The van der Waals surface area contributed by atoms with E-state index in [2.05, 4.69) is 16.0 Å². The van der Waals surface area contributed by atoms with Crippen molar-refractivity contribution >= 4 is 35.7 Å². The van der Waals surface area contributed by atoms with Gasteiger partial charge in [0.15, 0.2) is 0 Å². The summed E-state index contributed by atoms with van der Waals surface area (Å²) in [6, 6.07) is 6.73. The normalized spacial score (nSPS) is 17.3. The number of hydrogen-bond acceptors (Lipinski definition) is 4. The summed E-state index contributed by atoms with van der Waals surface area (Å²) in [5.74, 6) is -0.0673. The molecule has 1 aromatic rings. The van der Waals surface area contributed by atoms with Gasteiger partial charge in [0, 0.05) is 37.0 Å². The number of urea groups is 1. The number of halogens is 1. The molecule has 5 N–H and O–H groups in total. The number of nitrogens with two attached hydrogens (primary N) is 1. The van der Waals surface area contributed by atoms with Gasteiger partial charge in [-0.3, -0.25) is 4.79 Å². The molecular weight excluding hydrogens is 344 g/mol. The summed E-state index contributed by atoms with van der Waals surface area (Å²) < 4.78 is 5.45. The van der Waals surface area contributed by atoms with E-state index < -0.39 is 0 Å². The van der Waals surface area contributed by atoms with Crippen LogP contribution in [0.3, 0.4) is 0 Å². The van der Waals surface area contributed by atoms with E-state index in [4.69, 9.17) is 10.5 Å². The Balaban J connectivity index is 0.00000312. The first kappa shape index (κ1) is 21.2. The zero-order valence-electron chi connectivity index (χ0n) is 14.4. The first-order valence-electron chi connectivity index (χ1n) is 8.35. The molecule has 0 saturated carbocycles. The van der Waals surface area contributed by atoms with Gasteiger partial charge in [0.05, 0.1) is 6.10 Å². The van der Waals surface area contributed by atoms with E-state index in [-0.39, 0.29) is 36.5 Å². The molecule has 2 unspecified atom stereocenters.